The summed E-state index contributed by atoms with van der Waals surface area (Å²) in [7, 11) is 1.78. The standard InChI is InChI=1S/C18H29FN4.HI/c1-14(2)13-23-10-4-5-17(23)12-22-18(20-3)21-11-15-6-8-16(19)9-7-15;/h6-9,14,17H,4-5,10-13H2,1-3H3,(H2,20,21,22);1H/t17-;/m1./s1. The summed E-state index contributed by atoms with van der Waals surface area (Å²) in [6.45, 7) is 8.45. The summed E-state index contributed by atoms with van der Waals surface area (Å²) >= 11 is 0. The molecule has 4 nitrogen and oxygen atoms in total. The second-order valence-electron chi connectivity index (χ2n) is 6.62. The predicted molar refractivity (Wildman–Crippen MR) is 109 cm³/mol. The van der Waals surface area contributed by atoms with E-state index in [1.807, 2.05) is 0 Å². The predicted octanol–water partition coefficient (Wildman–Crippen LogP) is 3.23. The highest BCUT2D eigenvalue weighted by molar-refractivity contribution is 14.0. The lowest BCUT2D eigenvalue weighted by Gasteiger charge is -2.27. The van der Waals surface area contributed by atoms with Gasteiger partial charge >= 0.3 is 0 Å². The fourth-order valence-electron chi connectivity index (χ4n) is 3.06. The molecule has 1 fully saturated rings. The number of benzene rings is 1. The fraction of sp³-hybridized carbons (Fsp3) is 0.611. The van der Waals surface area contributed by atoms with Crippen molar-refractivity contribution in [3.05, 3.63) is 35.6 Å². The summed E-state index contributed by atoms with van der Waals surface area (Å²) < 4.78 is 12.9. The Kier molecular flexibility index (Phi) is 9.58. The molecule has 0 aromatic heterocycles. The maximum atomic E-state index is 12.9. The Hall–Kier alpha value is -0.890. The van der Waals surface area contributed by atoms with Gasteiger partial charge in [0.15, 0.2) is 5.96 Å². The molecule has 136 valence electrons. The zero-order valence-corrected chi connectivity index (χ0v) is 17.2. The Morgan fingerprint density at radius 3 is 2.62 bits per heavy atom. The van der Waals surface area contributed by atoms with Gasteiger partial charge in [-0.3, -0.25) is 9.89 Å². The Morgan fingerprint density at radius 2 is 2.00 bits per heavy atom. The molecule has 1 heterocycles. The van der Waals surface area contributed by atoms with E-state index >= 15 is 0 Å². The Bertz CT molecular complexity index is 504. The zero-order chi connectivity index (χ0) is 16.7. The smallest absolute Gasteiger partial charge is 0.191 e. The molecule has 1 atom stereocenters. The van der Waals surface area contributed by atoms with Crippen molar-refractivity contribution < 1.29 is 4.39 Å². The van der Waals surface area contributed by atoms with E-state index in [9.17, 15) is 4.39 Å². The summed E-state index contributed by atoms with van der Waals surface area (Å²) in [5, 5.41) is 6.70. The van der Waals surface area contributed by atoms with Crippen molar-refractivity contribution in [2.24, 2.45) is 10.9 Å². The fourth-order valence-corrected chi connectivity index (χ4v) is 3.06. The summed E-state index contributed by atoms with van der Waals surface area (Å²) in [5.74, 6) is 1.29. The van der Waals surface area contributed by atoms with Crippen LogP contribution in [0, 0.1) is 11.7 Å². The molecular weight excluding hydrogens is 418 g/mol. The number of hydrogen-bond acceptors (Lipinski definition) is 2. The van der Waals surface area contributed by atoms with Crippen molar-refractivity contribution in [1.29, 1.82) is 0 Å². The van der Waals surface area contributed by atoms with Crippen molar-refractivity contribution in [3.63, 3.8) is 0 Å². The number of nitrogens with zero attached hydrogens (tertiary/aromatic N) is 2. The third kappa shape index (κ3) is 6.93. The van der Waals surface area contributed by atoms with Crippen LogP contribution in [0.15, 0.2) is 29.3 Å². The zero-order valence-electron chi connectivity index (χ0n) is 14.9. The number of hydrogen-bond donors (Lipinski definition) is 2. The summed E-state index contributed by atoms with van der Waals surface area (Å²) in [6.07, 6.45) is 2.52. The van der Waals surface area contributed by atoms with Gasteiger partial charge in [0.2, 0.25) is 0 Å². The first kappa shape index (κ1) is 21.2. The van der Waals surface area contributed by atoms with E-state index in [0.717, 1.165) is 24.6 Å². The lowest BCUT2D eigenvalue weighted by atomic mass is 10.1. The molecule has 1 aromatic rings. The van der Waals surface area contributed by atoms with E-state index < -0.39 is 0 Å². The van der Waals surface area contributed by atoms with Crippen molar-refractivity contribution in [2.45, 2.75) is 39.3 Å². The quantitative estimate of drug-likeness (QED) is 0.399. The summed E-state index contributed by atoms with van der Waals surface area (Å²) in [6, 6.07) is 7.13. The SMILES string of the molecule is CN=C(NCc1ccc(F)cc1)NC[C@H]1CCCN1CC(C)C.I. The molecule has 0 spiro atoms. The second-order valence-corrected chi connectivity index (χ2v) is 6.62. The van der Waals surface area contributed by atoms with Gasteiger partial charge in [-0.05, 0) is 43.0 Å². The number of likely N-dealkylation sites (tertiary alicyclic amines) is 1. The minimum Gasteiger partial charge on any atom is -0.355 e. The Labute approximate surface area is 162 Å². The summed E-state index contributed by atoms with van der Waals surface area (Å²) in [4.78, 5) is 6.84. The molecule has 6 heteroatoms. The van der Waals surface area contributed by atoms with Crippen LogP contribution in [0.1, 0.15) is 32.3 Å². The second kappa shape index (κ2) is 10.9. The van der Waals surface area contributed by atoms with Crippen molar-refractivity contribution in [3.8, 4) is 0 Å². The van der Waals surface area contributed by atoms with Crippen LogP contribution < -0.4 is 10.6 Å². The molecule has 1 aliphatic heterocycles. The molecule has 0 amide bonds. The first-order chi connectivity index (χ1) is 11.1. The number of aliphatic imine (C=N–C) groups is 1. The lowest BCUT2D eigenvalue weighted by Crippen LogP contribution is -2.45. The van der Waals surface area contributed by atoms with Gasteiger partial charge < -0.3 is 10.6 Å². The van der Waals surface area contributed by atoms with Gasteiger partial charge in [-0.25, -0.2) is 4.39 Å². The minimum absolute atomic E-state index is 0. The molecule has 2 rings (SSSR count). The molecule has 2 N–H and O–H groups in total. The van der Waals surface area contributed by atoms with Crippen LogP contribution in [-0.2, 0) is 6.54 Å². The number of halogens is 2. The minimum atomic E-state index is -0.206. The highest BCUT2D eigenvalue weighted by atomic mass is 127. The van der Waals surface area contributed by atoms with E-state index in [4.69, 9.17) is 0 Å². The normalized spacial score (nSPS) is 18.5. The van der Waals surface area contributed by atoms with Crippen LogP contribution in [0.2, 0.25) is 0 Å². The molecule has 0 saturated carbocycles. The van der Waals surface area contributed by atoms with Gasteiger partial charge in [0.05, 0.1) is 0 Å². The third-order valence-electron chi connectivity index (χ3n) is 4.20. The average molecular weight is 448 g/mol. The van der Waals surface area contributed by atoms with E-state index in [0.29, 0.717) is 18.5 Å². The molecule has 0 unspecified atom stereocenters. The maximum Gasteiger partial charge on any atom is 0.191 e. The van der Waals surface area contributed by atoms with E-state index in [2.05, 4.69) is 34.4 Å². The maximum absolute atomic E-state index is 12.9. The summed E-state index contributed by atoms with van der Waals surface area (Å²) in [5.41, 5.74) is 1.04. The lowest BCUT2D eigenvalue weighted by molar-refractivity contribution is 0.226. The largest absolute Gasteiger partial charge is 0.355 e. The molecule has 0 bridgehead atoms. The third-order valence-corrected chi connectivity index (χ3v) is 4.20. The first-order valence-electron chi connectivity index (χ1n) is 8.51. The molecule has 1 aliphatic rings. The van der Waals surface area contributed by atoms with Crippen LogP contribution in [0.4, 0.5) is 4.39 Å². The number of guanidine groups is 1. The van der Waals surface area contributed by atoms with Gasteiger partial charge in [0.1, 0.15) is 5.82 Å². The highest BCUT2D eigenvalue weighted by Gasteiger charge is 2.24. The van der Waals surface area contributed by atoms with Gasteiger partial charge in [0, 0.05) is 32.7 Å². The number of rotatable bonds is 6. The van der Waals surface area contributed by atoms with Gasteiger partial charge in [-0.2, -0.15) is 0 Å². The van der Waals surface area contributed by atoms with Crippen LogP contribution >= 0.6 is 24.0 Å². The molecule has 24 heavy (non-hydrogen) atoms. The molecule has 0 aliphatic carbocycles. The van der Waals surface area contributed by atoms with Gasteiger partial charge in [0.25, 0.3) is 0 Å². The van der Waals surface area contributed by atoms with E-state index in [1.165, 1.54) is 31.5 Å². The molecular formula is C18H30FIN4. The van der Waals surface area contributed by atoms with E-state index in [1.54, 1.807) is 19.2 Å². The molecule has 1 saturated heterocycles. The average Bonchev–Trinajstić information content (AvgIpc) is 2.95. The Morgan fingerprint density at radius 1 is 1.29 bits per heavy atom. The van der Waals surface area contributed by atoms with Crippen LogP contribution in [-0.4, -0.2) is 43.6 Å². The van der Waals surface area contributed by atoms with Crippen molar-refractivity contribution in [2.75, 3.05) is 26.7 Å². The first-order valence-corrected chi connectivity index (χ1v) is 8.51. The van der Waals surface area contributed by atoms with Gasteiger partial charge in [-0.1, -0.05) is 26.0 Å². The van der Waals surface area contributed by atoms with Crippen LogP contribution in [0.5, 0.6) is 0 Å². The Balaban J connectivity index is 0.00000288. The van der Waals surface area contributed by atoms with Crippen LogP contribution in [0.25, 0.3) is 0 Å². The number of nitrogens with one attached hydrogen (secondary N) is 2. The van der Waals surface area contributed by atoms with Crippen molar-refractivity contribution >= 4 is 29.9 Å². The molecule has 1 aromatic carbocycles. The van der Waals surface area contributed by atoms with Crippen molar-refractivity contribution in [1.82, 2.24) is 15.5 Å². The van der Waals surface area contributed by atoms with Crippen LogP contribution in [0.3, 0.4) is 0 Å². The molecule has 0 radical (unpaired) electrons. The highest BCUT2D eigenvalue weighted by Crippen LogP contribution is 2.17. The van der Waals surface area contributed by atoms with Gasteiger partial charge in [-0.15, -0.1) is 24.0 Å². The van der Waals surface area contributed by atoms with E-state index in [-0.39, 0.29) is 29.8 Å². The topological polar surface area (TPSA) is 39.7 Å². The monoisotopic (exact) mass is 448 g/mol.